The molecule has 0 radical (unpaired) electrons. The molecule has 0 spiro atoms. The Morgan fingerprint density at radius 2 is 1.90 bits per heavy atom. The van der Waals surface area contributed by atoms with Crippen LogP contribution in [0.2, 0.25) is 0 Å². The number of carbonyl (C=O) groups excluding carboxylic acids is 1. The van der Waals surface area contributed by atoms with Gasteiger partial charge in [0.2, 0.25) is 5.76 Å². The zero-order chi connectivity index (χ0) is 14.4. The van der Waals surface area contributed by atoms with E-state index in [4.69, 9.17) is 14.3 Å². The van der Waals surface area contributed by atoms with Crippen molar-refractivity contribution >= 4 is 18.0 Å². The lowest BCUT2D eigenvalue weighted by atomic mass is 10.2. The van der Waals surface area contributed by atoms with Gasteiger partial charge in [-0.05, 0) is 23.8 Å². The molecule has 0 saturated heterocycles. The second-order valence-electron chi connectivity index (χ2n) is 3.94. The average molecular weight is 272 g/mol. The van der Waals surface area contributed by atoms with E-state index < -0.39 is 11.9 Å². The van der Waals surface area contributed by atoms with E-state index >= 15 is 0 Å². The van der Waals surface area contributed by atoms with Gasteiger partial charge in [0.1, 0.15) is 12.4 Å². The van der Waals surface area contributed by atoms with E-state index in [1.807, 2.05) is 30.3 Å². The molecule has 0 amide bonds. The first-order chi connectivity index (χ1) is 9.65. The first-order valence-electron chi connectivity index (χ1n) is 5.87. The molecule has 1 aromatic carbocycles. The van der Waals surface area contributed by atoms with Gasteiger partial charge in [0.25, 0.3) is 0 Å². The van der Waals surface area contributed by atoms with Crippen LogP contribution in [0.4, 0.5) is 0 Å². The zero-order valence-electron chi connectivity index (χ0n) is 10.5. The third-order valence-corrected chi connectivity index (χ3v) is 2.43. The summed E-state index contributed by atoms with van der Waals surface area (Å²) in [4.78, 5) is 22.1. The Balaban J connectivity index is 1.94. The van der Waals surface area contributed by atoms with Gasteiger partial charge in [-0.25, -0.2) is 9.59 Å². The molecule has 2 rings (SSSR count). The van der Waals surface area contributed by atoms with E-state index in [2.05, 4.69) is 0 Å². The number of furan rings is 1. The Morgan fingerprint density at radius 3 is 2.60 bits per heavy atom. The van der Waals surface area contributed by atoms with Gasteiger partial charge in [-0.15, -0.1) is 0 Å². The van der Waals surface area contributed by atoms with Crippen LogP contribution < -0.4 is 0 Å². The average Bonchev–Trinajstić information content (AvgIpc) is 2.92. The quantitative estimate of drug-likeness (QED) is 0.669. The molecule has 0 unspecified atom stereocenters. The van der Waals surface area contributed by atoms with Crippen molar-refractivity contribution in [3.8, 4) is 0 Å². The standard InChI is InChI=1S/C15H12O5/c16-14(17)9-7-12-6-8-13(20-12)15(18)19-10-11-4-2-1-3-5-11/h1-9H,10H2,(H,16,17). The molecule has 0 aliphatic heterocycles. The Hall–Kier alpha value is -2.82. The Bertz CT molecular complexity index is 625. The van der Waals surface area contributed by atoms with Crippen molar-refractivity contribution in [2.75, 3.05) is 0 Å². The van der Waals surface area contributed by atoms with Crippen molar-refractivity contribution in [2.45, 2.75) is 6.61 Å². The highest BCUT2D eigenvalue weighted by atomic mass is 16.5. The van der Waals surface area contributed by atoms with E-state index in [0.717, 1.165) is 11.6 Å². The summed E-state index contributed by atoms with van der Waals surface area (Å²) in [5.41, 5.74) is 0.874. The first-order valence-corrected chi connectivity index (χ1v) is 5.87. The molecule has 5 nitrogen and oxygen atoms in total. The van der Waals surface area contributed by atoms with Crippen LogP contribution >= 0.6 is 0 Å². The zero-order valence-corrected chi connectivity index (χ0v) is 10.5. The van der Waals surface area contributed by atoms with E-state index in [9.17, 15) is 9.59 Å². The van der Waals surface area contributed by atoms with Gasteiger partial charge in [-0.1, -0.05) is 30.3 Å². The maximum Gasteiger partial charge on any atom is 0.374 e. The Labute approximate surface area is 115 Å². The lowest BCUT2D eigenvalue weighted by molar-refractivity contribution is -0.131. The van der Waals surface area contributed by atoms with Crippen molar-refractivity contribution in [3.05, 3.63) is 65.6 Å². The fourth-order valence-electron chi connectivity index (χ4n) is 1.50. The number of rotatable bonds is 5. The largest absolute Gasteiger partial charge is 0.478 e. The second-order valence-corrected chi connectivity index (χ2v) is 3.94. The molecule has 1 aromatic heterocycles. The predicted molar refractivity (Wildman–Crippen MR) is 70.9 cm³/mol. The number of hydrogen-bond acceptors (Lipinski definition) is 4. The van der Waals surface area contributed by atoms with Crippen molar-refractivity contribution in [1.82, 2.24) is 0 Å². The summed E-state index contributed by atoms with van der Waals surface area (Å²) in [6.45, 7) is 0.153. The van der Waals surface area contributed by atoms with Gasteiger partial charge in [-0.2, -0.15) is 0 Å². The van der Waals surface area contributed by atoms with Crippen LogP contribution in [0.5, 0.6) is 0 Å². The van der Waals surface area contributed by atoms with Crippen molar-refractivity contribution in [2.24, 2.45) is 0 Å². The topological polar surface area (TPSA) is 76.7 Å². The van der Waals surface area contributed by atoms with Crippen LogP contribution in [-0.2, 0) is 16.1 Å². The Kier molecular flexibility index (Phi) is 4.34. The minimum absolute atomic E-state index is 0.0333. The van der Waals surface area contributed by atoms with Gasteiger partial charge in [0, 0.05) is 6.08 Å². The van der Waals surface area contributed by atoms with E-state index in [1.165, 1.54) is 18.2 Å². The van der Waals surface area contributed by atoms with Crippen LogP contribution in [0.25, 0.3) is 6.08 Å². The third kappa shape index (κ3) is 3.84. The third-order valence-electron chi connectivity index (χ3n) is 2.43. The van der Waals surface area contributed by atoms with Crippen LogP contribution in [0.1, 0.15) is 21.9 Å². The molecule has 20 heavy (non-hydrogen) atoms. The summed E-state index contributed by atoms with van der Waals surface area (Å²) in [5.74, 6) is -1.37. The smallest absolute Gasteiger partial charge is 0.374 e. The second kappa shape index (κ2) is 6.38. The molecule has 0 aliphatic rings. The number of aliphatic carboxylic acids is 1. The minimum atomic E-state index is -1.09. The monoisotopic (exact) mass is 272 g/mol. The molecule has 102 valence electrons. The number of carboxylic acid groups (broad SMARTS) is 1. The highest BCUT2D eigenvalue weighted by Crippen LogP contribution is 2.12. The number of hydrogen-bond donors (Lipinski definition) is 1. The summed E-state index contributed by atoms with van der Waals surface area (Å²) in [6, 6.07) is 12.2. The van der Waals surface area contributed by atoms with Gasteiger partial charge >= 0.3 is 11.9 Å². The lowest BCUT2D eigenvalue weighted by Crippen LogP contribution is -2.03. The summed E-state index contributed by atoms with van der Waals surface area (Å²) < 4.78 is 10.2. The summed E-state index contributed by atoms with van der Waals surface area (Å²) in [5, 5.41) is 8.48. The molecule has 5 heteroatoms. The van der Waals surface area contributed by atoms with Crippen molar-refractivity contribution in [1.29, 1.82) is 0 Å². The van der Waals surface area contributed by atoms with Gasteiger partial charge in [0.15, 0.2) is 0 Å². The normalized spacial score (nSPS) is 10.6. The highest BCUT2D eigenvalue weighted by molar-refractivity contribution is 5.87. The van der Waals surface area contributed by atoms with Crippen LogP contribution in [-0.4, -0.2) is 17.0 Å². The molecule has 0 aliphatic carbocycles. The molecule has 0 bridgehead atoms. The predicted octanol–water partition coefficient (Wildman–Crippen LogP) is 2.73. The fourth-order valence-corrected chi connectivity index (χ4v) is 1.50. The molecule has 2 aromatic rings. The van der Waals surface area contributed by atoms with Crippen LogP contribution in [0, 0.1) is 0 Å². The molecular weight excluding hydrogens is 260 g/mol. The summed E-state index contributed by atoms with van der Waals surface area (Å²) >= 11 is 0. The van der Waals surface area contributed by atoms with Crippen LogP contribution in [0.15, 0.2) is 53.0 Å². The number of esters is 1. The van der Waals surface area contributed by atoms with Crippen molar-refractivity contribution < 1.29 is 23.8 Å². The SMILES string of the molecule is O=C(O)C=Cc1ccc(C(=O)OCc2ccccc2)o1. The van der Waals surface area contributed by atoms with E-state index in [1.54, 1.807) is 0 Å². The number of carboxylic acids is 1. The number of ether oxygens (including phenoxy) is 1. The fraction of sp³-hybridized carbons (Fsp3) is 0.0667. The molecule has 0 saturated carbocycles. The maximum atomic E-state index is 11.7. The first kappa shape index (κ1) is 13.6. The van der Waals surface area contributed by atoms with E-state index in [-0.39, 0.29) is 18.1 Å². The summed E-state index contributed by atoms with van der Waals surface area (Å²) in [7, 11) is 0. The van der Waals surface area contributed by atoms with Crippen LogP contribution in [0.3, 0.4) is 0 Å². The molecule has 0 atom stereocenters. The molecular formula is C15H12O5. The van der Waals surface area contributed by atoms with E-state index in [0.29, 0.717) is 0 Å². The lowest BCUT2D eigenvalue weighted by Gasteiger charge is -2.02. The summed E-state index contributed by atoms with van der Waals surface area (Å²) in [6.07, 6.45) is 2.19. The van der Waals surface area contributed by atoms with Gasteiger partial charge < -0.3 is 14.3 Å². The molecule has 1 heterocycles. The van der Waals surface area contributed by atoms with Gasteiger partial charge in [0.05, 0.1) is 0 Å². The number of benzene rings is 1. The minimum Gasteiger partial charge on any atom is -0.478 e. The maximum absolute atomic E-state index is 11.7. The Morgan fingerprint density at radius 1 is 1.15 bits per heavy atom. The van der Waals surface area contributed by atoms with Gasteiger partial charge in [-0.3, -0.25) is 0 Å². The molecule has 0 fully saturated rings. The number of carbonyl (C=O) groups is 2. The van der Waals surface area contributed by atoms with Crippen molar-refractivity contribution in [3.63, 3.8) is 0 Å². The molecule has 1 N–H and O–H groups in total. The highest BCUT2D eigenvalue weighted by Gasteiger charge is 2.12.